The lowest BCUT2D eigenvalue weighted by molar-refractivity contribution is -0.150. The van der Waals surface area contributed by atoms with E-state index in [0.29, 0.717) is 122 Å². The molecular formula is C95H130O21. The van der Waals surface area contributed by atoms with E-state index in [1.165, 1.54) is 102 Å². The van der Waals surface area contributed by atoms with Gasteiger partial charge in [0.05, 0.1) is 88.0 Å². The summed E-state index contributed by atoms with van der Waals surface area (Å²) in [6.07, 6.45) is 35.0. The summed E-state index contributed by atoms with van der Waals surface area (Å²) in [6.45, 7) is 15.2. The normalized spacial score (nSPS) is 10.6. The summed E-state index contributed by atoms with van der Waals surface area (Å²) in [6, 6.07) is 41.6. The third-order valence-corrected chi connectivity index (χ3v) is 18.4. The minimum atomic E-state index is -0.656. The van der Waals surface area contributed by atoms with E-state index in [-0.39, 0.29) is 36.7 Å². The average Bonchev–Trinajstić information content (AvgIpc) is 1.01. The topological polar surface area (TPSA) is 264 Å². The number of unbranched alkanes of at least 4 members (excludes halogenated alkanes) is 24. The average molecular weight is 1610 g/mol. The van der Waals surface area contributed by atoms with Gasteiger partial charge in [-0.2, -0.15) is 0 Å². The van der Waals surface area contributed by atoms with Crippen molar-refractivity contribution < 1.29 is 100.0 Å². The van der Waals surface area contributed by atoms with Crippen molar-refractivity contribution in [3.05, 3.63) is 179 Å². The molecule has 0 N–H and O–H groups in total. The van der Waals surface area contributed by atoms with Gasteiger partial charge in [-0.05, 0) is 255 Å². The molecule has 0 aliphatic carbocycles. The van der Waals surface area contributed by atoms with Gasteiger partial charge in [0.15, 0.2) is 0 Å². The van der Waals surface area contributed by atoms with Crippen molar-refractivity contribution in [2.45, 2.75) is 273 Å². The minimum absolute atomic E-state index is 0.0399. The van der Waals surface area contributed by atoms with Crippen LogP contribution in [0.1, 0.15) is 312 Å². The summed E-state index contributed by atoms with van der Waals surface area (Å²) < 4.78 is 63.3. The van der Waals surface area contributed by atoms with Gasteiger partial charge in [-0.25, -0.2) is 24.0 Å². The van der Waals surface area contributed by atoms with E-state index in [0.717, 1.165) is 122 Å². The molecule has 0 heterocycles. The van der Waals surface area contributed by atoms with Crippen molar-refractivity contribution in [1.29, 1.82) is 0 Å². The van der Waals surface area contributed by atoms with Gasteiger partial charge in [-0.3, -0.25) is 19.2 Å². The maximum atomic E-state index is 12.6. The van der Waals surface area contributed by atoms with E-state index >= 15 is 0 Å². The van der Waals surface area contributed by atoms with Crippen molar-refractivity contribution in [2.24, 2.45) is 0 Å². The van der Waals surface area contributed by atoms with Crippen molar-refractivity contribution in [3.63, 3.8) is 0 Å². The van der Waals surface area contributed by atoms with Crippen molar-refractivity contribution in [2.75, 3.05) is 52.9 Å². The lowest BCUT2D eigenvalue weighted by Crippen LogP contribution is -2.11. The first kappa shape index (κ1) is 98.3. The number of ether oxygens (including phenoxy) is 12. The Bertz CT molecular complexity index is 3650. The van der Waals surface area contributed by atoms with Crippen LogP contribution in [-0.2, 0) is 60.4 Å². The summed E-state index contributed by atoms with van der Waals surface area (Å²) in [7, 11) is 0. The van der Waals surface area contributed by atoms with Crippen LogP contribution in [0.3, 0.4) is 0 Å². The first-order valence-corrected chi connectivity index (χ1v) is 42.6. The van der Waals surface area contributed by atoms with Crippen LogP contribution in [0.5, 0.6) is 34.5 Å². The summed E-state index contributed by atoms with van der Waals surface area (Å²) in [5, 5.41) is 0. The number of benzene rings is 6. The fourth-order valence-corrected chi connectivity index (χ4v) is 11.7. The third kappa shape index (κ3) is 48.4. The maximum Gasteiger partial charge on any atom is 0.508 e. The molecule has 636 valence electrons. The molecule has 6 rings (SSSR count). The lowest BCUT2D eigenvalue weighted by atomic mass is 10.0. The Morgan fingerprint density at radius 1 is 0.233 bits per heavy atom. The summed E-state index contributed by atoms with van der Waals surface area (Å²) >= 11 is 0. The van der Waals surface area contributed by atoms with Gasteiger partial charge in [0, 0.05) is 13.3 Å². The molecule has 0 saturated carbocycles. The Morgan fingerprint density at radius 3 is 0.793 bits per heavy atom. The third-order valence-electron chi connectivity index (χ3n) is 18.4. The van der Waals surface area contributed by atoms with Crippen molar-refractivity contribution >= 4 is 53.9 Å². The molecule has 116 heavy (non-hydrogen) atoms. The molecule has 6 aromatic rings. The number of hydrogen-bond acceptors (Lipinski definition) is 21. The Kier molecular flexibility index (Phi) is 54.4. The molecule has 0 bridgehead atoms. The van der Waals surface area contributed by atoms with E-state index in [4.69, 9.17) is 56.8 Å². The minimum Gasteiger partial charge on any atom is -0.494 e. The molecule has 0 aromatic heterocycles. The van der Waals surface area contributed by atoms with Crippen LogP contribution >= 0.6 is 0 Å². The number of aryl methyl sites for hydroxylation is 2. The SMILES string of the molecule is CCCCCCCCCc1ccc(C(=O)Oc2ccc(OC(=O)c3ccc(OCC)cc3)cc2)cc1.CCCCCCCCCc1ccc(C(=O)Oc2ccc(OC(=O)c3ccc(OCCCCCCOC(C)=O)cc3)cc2)cc1.CCCCCCOC(=O)CCC(=O)OCCCCCCOC(=O)OCCCCCCOC(=O)CCC. The van der Waals surface area contributed by atoms with Crippen LogP contribution in [0.2, 0.25) is 0 Å². The van der Waals surface area contributed by atoms with Gasteiger partial charge < -0.3 is 56.8 Å². The first-order chi connectivity index (χ1) is 56.5. The molecule has 0 unspecified atom stereocenters. The standard InChI is InChI=1S/C37H46O7.C31H36O5.C27H48O9/c1-3-4-5-6-7-8-11-14-30-15-17-31(18-16-30)36(39)43-34-23-25-35(26-24-34)44-37(40)32-19-21-33(22-20-32)42-28-13-10-9-12-27-41-29(2)38;1-3-5-6-7-8-9-10-11-24-12-14-25(15-13-24)30(32)35-28-20-22-29(23-21-28)36-31(33)26-16-18-27(19-17-26)34-4-2;1-3-5-6-11-19-33-25(29)17-18-26(30)34-21-13-8-10-15-23-36-27(31)35-22-14-9-7-12-20-32-24(28)16-4-2/h15-26H,3-14,27-28H2,1-2H3;12-23H,3-11H2,1-2H3;3-23H2,1-2H3. The molecule has 21 heteroatoms. The largest absolute Gasteiger partial charge is 0.508 e. The summed E-state index contributed by atoms with van der Waals surface area (Å²) in [5.74, 6) is -0.126. The van der Waals surface area contributed by atoms with E-state index in [9.17, 15) is 43.2 Å². The van der Waals surface area contributed by atoms with Crippen molar-refractivity contribution in [3.8, 4) is 34.5 Å². The van der Waals surface area contributed by atoms with Crippen LogP contribution in [0, 0.1) is 0 Å². The van der Waals surface area contributed by atoms with E-state index < -0.39 is 30.0 Å². The Morgan fingerprint density at radius 2 is 0.483 bits per heavy atom. The molecule has 0 amide bonds. The fourth-order valence-electron chi connectivity index (χ4n) is 11.7. The lowest BCUT2D eigenvalue weighted by Gasteiger charge is -2.09. The molecule has 0 radical (unpaired) electrons. The van der Waals surface area contributed by atoms with Gasteiger partial charge in [0.2, 0.25) is 0 Å². The smallest absolute Gasteiger partial charge is 0.494 e. The molecule has 21 nitrogen and oxygen atoms in total. The predicted octanol–water partition coefficient (Wildman–Crippen LogP) is 22.8. The Hall–Kier alpha value is -10.0. The highest BCUT2D eigenvalue weighted by Gasteiger charge is 2.16. The van der Waals surface area contributed by atoms with E-state index in [1.54, 1.807) is 97.1 Å². The zero-order valence-electron chi connectivity index (χ0n) is 70.0. The molecule has 0 aliphatic rings. The fraction of sp³-hybridized carbons (Fsp3) is 0.526. The molecule has 6 aromatic carbocycles. The number of carbonyl (C=O) groups excluding carboxylic acids is 9. The second-order valence-electron chi connectivity index (χ2n) is 28.5. The zero-order valence-corrected chi connectivity index (χ0v) is 70.0. The van der Waals surface area contributed by atoms with Crippen LogP contribution < -0.4 is 28.4 Å². The highest BCUT2D eigenvalue weighted by Crippen LogP contribution is 2.25. The number of carbonyl (C=O) groups is 9. The zero-order chi connectivity index (χ0) is 83.7. The highest BCUT2D eigenvalue weighted by atomic mass is 16.7. The van der Waals surface area contributed by atoms with Crippen molar-refractivity contribution in [1.82, 2.24) is 0 Å². The van der Waals surface area contributed by atoms with Gasteiger partial charge in [-0.15, -0.1) is 0 Å². The van der Waals surface area contributed by atoms with Gasteiger partial charge in [-0.1, -0.05) is 148 Å². The molecule has 0 saturated heterocycles. The quantitative estimate of drug-likeness (QED) is 0.0149. The summed E-state index contributed by atoms with van der Waals surface area (Å²) in [5.41, 5.74) is 4.28. The highest BCUT2D eigenvalue weighted by molar-refractivity contribution is 5.93. The maximum absolute atomic E-state index is 12.6. The van der Waals surface area contributed by atoms with Crippen LogP contribution in [0.15, 0.2) is 146 Å². The Balaban J connectivity index is 0.000000369. The van der Waals surface area contributed by atoms with Crippen LogP contribution in [0.4, 0.5) is 4.79 Å². The van der Waals surface area contributed by atoms with Crippen LogP contribution in [-0.4, -0.2) is 107 Å². The van der Waals surface area contributed by atoms with Crippen LogP contribution in [0.25, 0.3) is 0 Å². The van der Waals surface area contributed by atoms with E-state index in [2.05, 4.69) is 20.8 Å². The monoisotopic (exact) mass is 1610 g/mol. The number of hydrogen-bond donors (Lipinski definition) is 0. The first-order valence-electron chi connectivity index (χ1n) is 42.6. The van der Waals surface area contributed by atoms with Gasteiger partial charge >= 0.3 is 53.9 Å². The second-order valence-corrected chi connectivity index (χ2v) is 28.5. The molecular weight excluding hydrogens is 1480 g/mol. The predicted molar refractivity (Wildman–Crippen MR) is 449 cm³/mol. The summed E-state index contributed by atoms with van der Waals surface area (Å²) in [4.78, 5) is 107. The Labute approximate surface area is 689 Å². The molecule has 0 spiro atoms. The van der Waals surface area contributed by atoms with E-state index in [1.807, 2.05) is 62.4 Å². The molecule has 0 aliphatic heterocycles. The van der Waals surface area contributed by atoms with Gasteiger partial charge in [0.25, 0.3) is 0 Å². The second kappa shape index (κ2) is 64.2. The number of rotatable bonds is 58. The van der Waals surface area contributed by atoms with Gasteiger partial charge in [0.1, 0.15) is 34.5 Å². The molecule has 0 fully saturated rings. The molecule has 0 atom stereocenters. The number of esters is 8.